The van der Waals surface area contributed by atoms with Gasteiger partial charge in [0.25, 0.3) is 5.91 Å². The third-order valence-electron chi connectivity index (χ3n) is 2.97. The van der Waals surface area contributed by atoms with E-state index in [-0.39, 0.29) is 5.91 Å². The fourth-order valence-corrected chi connectivity index (χ4v) is 1.72. The molecule has 2 aromatic rings. The Hall–Kier alpha value is -2.69. The number of nitrogens with two attached hydrogens (primary N) is 2. The highest BCUT2D eigenvalue weighted by atomic mass is 16.5. The van der Waals surface area contributed by atoms with Crippen LogP contribution >= 0.6 is 0 Å². The molecule has 2 aromatic carbocycles. The first kappa shape index (κ1) is 14.7. The van der Waals surface area contributed by atoms with E-state index >= 15 is 0 Å². The highest BCUT2D eigenvalue weighted by Crippen LogP contribution is 2.21. The van der Waals surface area contributed by atoms with Crippen LogP contribution in [0.1, 0.15) is 13.8 Å². The van der Waals surface area contributed by atoms with E-state index in [0.29, 0.717) is 22.8 Å². The maximum atomic E-state index is 12.3. The molecule has 21 heavy (non-hydrogen) atoms. The summed E-state index contributed by atoms with van der Waals surface area (Å²) in [6.45, 7) is 3.41. The largest absolute Gasteiger partial charge is 0.478 e. The average Bonchev–Trinajstić information content (AvgIpc) is 2.43. The number of benzene rings is 2. The standard InChI is InChI=1S/C16H19N3O2/c1-16(2,21-14-9-5-12(18)6-10-14)15(20)19-13-7-3-11(17)4-8-13/h3-10H,17-18H2,1-2H3,(H,19,20). The topological polar surface area (TPSA) is 90.4 Å². The van der Waals surface area contributed by atoms with E-state index in [1.54, 1.807) is 62.4 Å². The summed E-state index contributed by atoms with van der Waals surface area (Å²) < 4.78 is 5.72. The van der Waals surface area contributed by atoms with Gasteiger partial charge in [0, 0.05) is 17.1 Å². The van der Waals surface area contributed by atoms with Gasteiger partial charge in [0.1, 0.15) is 5.75 Å². The minimum Gasteiger partial charge on any atom is -0.478 e. The smallest absolute Gasteiger partial charge is 0.267 e. The predicted octanol–water partition coefficient (Wildman–Crippen LogP) is 2.65. The van der Waals surface area contributed by atoms with Gasteiger partial charge in [0.05, 0.1) is 0 Å². The zero-order valence-corrected chi connectivity index (χ0v) is 12.1. The maximum Gasteiger partial charge on any atom is 0.267 e. The number of nitrogens with one attached hydrogen (secondary N) is 1. The van der Waals surface area contributed by atoms with Crippen molar-refractivity contribution < 1.29 is 9.53 Å². The molecule has 5 heteroatoms. The van der Waals surface area contributed by atoms with Crippen LogP contribution in [0.25, 0.3) is 0 Å². The van der Waals surface area contributed by atoms with Crippen molar-refractivity contribution in [3.05, 3.63) is 48.5 Å². The fraction of sp³-hybridized carbons (Fsp3) is 0.188. The first-order valence-corrected chi connectivity index (χ1v) is 6.58. The van der Waals surface area contributed by atoms with Crippen LogP contribution in [-0.2, 0) is 4.79 Å². The number of anilines is 3. The predicted molar refractivity (Wildman–Crippen MR) is 85.0 cm³/mol. The Morgan fingerprint density at radius 3 is 1.95 bits per heavy atom. The molecule has 0 atom stereocenters. The Morgan fingerprint density at radius 2 is 1.43 bits per heavy atom. The van der Waals surface area contributed by atoms with E-state index in [1.165, 1.54) is 0 Å². The Kier molecular flexibility index (Phi) is 4.03. The van der Waals surface area contributed by atoms with Crippen molar-refractivity contribution in [1.82, 2.24) is 0 Å². The van der Waals surface area contributed by atoms with Gasteiger partial charge in [0.2, 0.25) is 0 Å². The van der Waals surface area contributed by atoms with Gasteiger partial charge in [0.15, 0.2) is 5.60 Å². The van der Waals surface area contributed by atoms with Crippen molar-refractivity contribution in [2.75, 3.05) is 16.8 Å². The van der Waals surface area contributed by atoms with Gasteiger partial charge in [-0.25, -0.2) is 0 Å². The molecule has 0 unspecified atom stereocenters. The van der Waals surface area contributed by atoms with Crippen LogP contribution in [-0.4, -0.2) is 11.5 Å². The second kappa shape index (κ2) is 5.75. The number of hydrogen-bond donors (Lipinski definition) is 3. The molecule has 5 N–H and O–H groups in total. The van der Waals surface area contributed by atoms with Gasteiger partial charge in [-0.05, 0) is 62.4 Å². The monoisotopic (exact) mass is 285 g/mol. The average molecular weight is 285 g/mol. The molecule has 0 radical (unpaired) electrons. The highest BCUT2D eigenvalue weighted by Gasteiger charge is 2.30. The molecule has 0 spiro atoms. The van der Waals surface area contributed by atoms with Gasteiger partial charge in [-0.1, -0.05) is 0 Å². The van der Waals surface area contributed by atoms with Gasteiger partial charge >= 0.3 is 0 Å². The van der Waals surface area contributed by atoms with Gasteiger partial charge in [-0.15, -0.1) is 0 Å². The molecule has 0 saturated heterocycles. The number of rotatable bonds is 4. The van der Waals surface area contributed by atoms with Crippen LogP contribution < -0.4 is 21.5 Å². The van der Waals surface area contributed by atoms with Crippen LogP contribution in [0.15, 0.2) is 48.5 Å². The summed E-state index contributed by atoms with van der Waals surface area (Å²) in [7, 11) is 0. The third kappa shape index (κ3) is 3.89. The summed E-state index contributed by atoms with van der Waals surface area (Å²) in [5.74, 6) is 0.339. The van der Waals surface area contributed by atoms with E-state index in [0.717, 1.165) is 0 Å². The van der Waals surface area contributed by atoms with E-state index in [1.807, 2.05) is 0 Å². The third-order valence-corrected chi connectivity index (χ3v) is 2.97. The first-order valence-electron chi connectivity index (χ1n) is 6.58. The van der Waals surface area contributed by atoms with E-state index < -0.39 is 5.60 Å². The lowest BCUT2D eigenvalue weighted by Crippen LogP contribution is -2.42. The summed E-state index contributed by atoms with van der Waals surface area (Å²) in [6, 6.07) is 13.8. The molecule has 2 rings (SSSR count). The van der Waals surface area contributed by atoms with Crippen LogP contribution in [0, 0.1) is 0 Å². The molecule has 5 nitrogen and oxygen atoms in total. The minimum atomic E-state index is -1.02. The number of ether oxygens (including phenoxy) is 1. The highest BCUT2D eigenvalue weighted by molar-refractivity contribution is 5.97. The summed E-state index contributed by atoms with van der Waals surface area (Å²) in [6.07, 6.45) is 0. The molecule has 0 saturated carbocycles. The van der Waals surface area contributed by atoms with Crippen molar-refractivity contribution in [1.29, 1.82) is 0 Å². The molecular formula is C16H19N3O2. The Morgan fingerprint density at radius 1 is 0.952 bits per heavy atom. The van der Waals surface area contributed by atoms with Crippen LogP contribution in [0.5, 0.6) is 5.75 Å². The molecule has 1 amide bonds. The van der Waals surface area contributed by atoms with Crippen LogP contribution in [0.3, 0.4) is 0 Å². The number of carbonyl (C=O) groups is 1. The summed E-state index contributed by atoms with van der Waals surface area (Å²) in [5.41, 5.74) is 12.2. The van der Waals surface area contributed by atoms with Crippen molar-refractivity contribution in [3.63, 3.8) is 0 Å². The molecule has 0 aliphatic rings. The lowest BCUT2D eigenvalue weighted by atomic mass is 10.1. The Labute approximate surface area is 123 Å². The van der Waals surface area contributed by atoms with E-state index in [2.05, 4.69) is 5.32 Å². The molecule has 110 valence electrons. The van der Waals surface area contributed by atoms with Crippen LogP contribution in [0.4, 0.5) is 17.1 Å². The van der Waals surface area contributed by atoms with Crippen molar-refractivity contribution >= 4 is 23.0 Å². The molecular weight excluding hydrogens is 266 g/mol. The first-order chi connectivity index (χ1) is 9.87. The normalized spacial score (nSPS) is 11.0. The molecule has 0 bridgehead atoms. The zero-order valence-electron chi connectivity index (χ0n) is 12.1. The SMILES string of the molecule is CC(C)(Oc1ccc(N)cc1)C(=O)Nc1ccc(N)cc1. The van der Waals surface area contributed by atoms with Gasteiger partial charge < -0.3 is 21.5 Å². The van der Waals surface area contributed by atoms with Gasteiger partial charge in [-0.2, -0.15) is 0 Å². The number of carbonyl (C=O) groups excluding carboxylic acids is 1. The number of nitrogen functional groups attached to an aromatic ring is 2. The lowest BCUT2D eigenvalue weighted by Gasteiger charge is -2.25. The van der Waals surface area contributed by atoms with Crippen molar-refractivity contribution in [2.24, 2.45) is 0 Å². The molecule has 0 heterocycles. The van der Waals surface area contributed by atoms with Gasteiger partial charge in [-0.3, -0.25) is 4.79 Å². The second-order valence-corrected chi connectivity index (χ2v) is 5.26. The number of hydrogen-bond acceptors (Lipinski definition) is 4. The lowest BCUT2D eigenvalue weighted by molar-refractivity contribution is -0.128. The second-order valence-electron chi connectivity index (χ2n) is 5.26. The molecule has 0 fully saturated rings. The minimum absolute atomic E-state index is 0.246. The summed E-state index contributed by atoms with van der Waals surface area (Å²) in [4.78, 5) is 12.3. The maximum absolute atomic E-state index is 12.3. The zero-order chi connectivity index (χ0) is 15.5. The summed E-state index contributed by atoms with van der Waals surface area (Å²) >= 11 is 0. The molecule has 0 aliphatic carbocycles. The molecule has 0 aromatic heterocycles. The quantitative estimate of drug-likeness (QED) is 0.753. The molecule has 0 aliphatic heterocycles. The Bertz CT molecular complexity index is 619. The van der Waals surface area contributed by atoms with E-state index in [4.69, 9.17) is 16.2 Å². The van der Waals surface area contributed by atoms with Crippen molar-refractivity contribution in [2.45, 2.75) is 19.4 Å². The van der Waals surface area contributed by atoms with Crippen molar-refractivity contribution in [3.8, 4) is 5.75 Å². The Balaban J connectivity index is 2.05. The van der Waals surface area contributed by atoms with E-state index in [9.17, 15) is 4.79 Å². The number of amides is 1. The summed E-state index contributed by atoms with van der Waals surface area (Å²) in [5, 5.41) is 2.80. The fourth-order valence-electron chi connectivity index (χ4n) is 1.72. The van der Waals surface area contributed by atoms with Crippen LogP contribution in [0.2, 0.25) is 0 Å².